The Kier molecular flexibility index (Phi) is 6.59. The maximum atomic E-state index is 8.90. The minimum absolute atomic E-state index is 0.139. The van der Waals surface area contributed by atoms with Crippen LogP contribution in [0.4, 0.5) is 0 Å². The largest absolute Gasteiger partial charge is 0.262 e. The first kappa shape index (κ1) is 17.5. The Morgan fingerprint density at radius 2 is 2.09 bits per heavy atom. The number of thiophene rings is 2. The van der Waals surface area contributed by atoms with Crippen molar-refractivity contribution >= 4 is 28.7 Å². The zero-order valence-corrected chi connectivity index (χ0v) is 15.2. The number of nitrogens with zero attached hydrogens (tertiary/aromatic N) is 2. The van der Waals surface area contributed by atoms with Crippen molar-refractivity contribution in [2.75, 3.05) is 0 Å². The third-order valence-corrected chi connectivity index (χ3v) is 6.07. The van der Waals surface area contributed by atoms with Crippen LogP contribution in [-0.4, -0.2) is 0 Å². The van der Waals surface area contributed by atoms with E-state index < -0.39 is 0 Å². The van der Waals surface area contributed by atoms with Gasteiger partial charge in [-0.3, -0.25) is 0 Å². The molecule has 118 valence electrons. The molecule has 0 spiro atoms. The highest BCUT2D eigenvalue weighted by Crippen LogP contribution is 2.36. The van der Waals surface area contributed by atoms with E-state index in [1.165, 1.54) is 40.3 Å². The van der Waals surface area contributed by atoms with Crippen LogP contribution in [-0.2, 0) is 6.42 Å². The molecule has 2 rings (SSSR count). The Bertz CT molecular complexity index is 750. The van der Waals surface area contributed by atoms with Gasteiger partial charge in [0.15, 0.2) is 0 Å². The summed E-state index contributed by atoms with van der Waals surface area (Å²) in [4.78, 5) is 8.33. The van der Waals surface area contributed by atoms with E-state index in [1.54, 1.807) is 17.4 Å². The lowest BCUT2D eigenvalue weighted by atomic mass is 10.1. The number of hydrogen-bond acceptors (Lipinski definition) is 3. The average molecular weight is 341 g/mol. The van der Waals surface area contributed by atoms with Crippen LogP contribution >= 0.6 is 22.7 Å². The van der Waals surface area contributed by atoms with Gasteiger partial charge < -0.3 is 0 Å². The first-order valence-corrected chi connectivity index (χ1v) is 9.50. The number of allylic oxidation sites excluding steroid dienone is 1. The molecule has 23 heavy (non-hydrogen) atoms. The summed E-state index contributed by atoms with van der Waals surface area (Å²) in [5.41, 5.74) is 1.12. The predicted octanol–water partition coefficient (Wildman–Crippen LogP) is 6.69. The van der Waals surface area contributed by atoms with Crippen molar-refractivity contribution in [1.29, 1.82) is 5.26 Å². The summed E-state index contributed by atoms with van der Waals surface area (Å²) >= 11 is 3.59. The summed E-state index contributed by atoms with van der Waals surface area (Å²) in [7, 11) is 0. The van der Waals surface area contributed by atoms with Crippen molar-refractivity contribution in [2.24, 2.45) is 0 Å². The van der Waals surface area contributed by atoms with Gasteiger partial charge in [-0.1, -0.05) is 26.2 Å². The average Bonchev–Trinajstić information content (AvgIpc) is 3.16. The molecule has 0 saturated carbocycles. The minimum Gasteiger partial charge on any atom is -0.227 e. The van der Waals surface area contributed by atoms with Crippen LogP contribution < -0.4 is 0 Å². The fourth-order valence-corrected chi connectivity index (χ4v) is 4.50. The standard InChI is InChI=1S/C19H20N2S2/c1-4-5-6-7-8-17-9-10-18(23-17)19-12-15(14(2)22-19)11-16(13-20)21-3/h9-12H,4-8H2,1-2H3/b16-11-. The van der Waals surface area contributed by atoms with Gasteiger partial charge in [0.05, 0.1) is 12.6 Å². The van der Waals surface area contributed by atoms with E-state index >= 15 is 0 Å². The molecule has 0 fully saturated rings. The summed E-state index contributed by atoms with van der Waals surface area (Å²) in [6, 6.07) is 8.45. The molecule has 2 heterocycles. The fourth-order valence-electron chi connectivity index (χ4n) is 2.37. The fraction of sp³-hybridized carbons (Fsp3) is 0.368. The number of rotatable bonds is 7. The lowest BCUT2D eigenvalue weighted by Gasteiger charge is -1.96. The van der Waals surface area contributed by atoms with E-state index in [-0.39, 0.29) is 5.70 Å². The maximum absolute atomic E-state index is 8.90. The summed E-state index contributed by atoms with van der Waals surface area (Å²) in [6.45, 7) is 11.3. The van der Waals surface area contributed by atoms with E-state index in [9.17, 15) is 0 Å². The van der Waals surface area contributed by atoms with Crippen molar-refractivity contribution in [2.45, 2.75) is 46.0 Å². The maximum Gasteiger partial charge on any atom is 0.262 e. The molecule has 0 aliphatic carbocycles. The van der Waals surface area contributed by atoms with Gasteiger partial charge in [-0.25, -0.2) is 10.1 Å². The van der Waals surface area contributed by atoms with Gasteiger partial charge in [0.25, 0.3) is 5.70 Å². The van der Waals surface area contributed by atoms with Crippen molar-refractivity contribution < 1.29 is 0 Å². The van der Waals surface area contributed by atoms with Gasteiger partial charge in [0.2, 0.25) is 0 Å². The van der Waals surface area contributed by atoms with Crippen LogP contribution in [0.3, 0.4) is 0 Å². The molecule has 2 aromatic rings. The molecule has 2 aromatic heterocycles. The zero-order chi connectivity index (χ0) is 16.7. The summed E-state index contributed by atoms with van der Waals surface area (Å²) in [5.74, 6) is 0. The highest BCUT2D eigenvalue weighted by molar-refractivity contribution is 7.22. The molecule has 0 aromatic carbocycles. The molecule has 0 unspecified atom stereocenters. The quantitative estimate of drug-likeness (QED) is 0.313. The molecule has 0 aliphatic rings. The van der Waals surface area contributed by atoms with Crippen molar-refractivity contribution in [3.8, 4) is 15.8 Å². The summed E-state index contributed by atoms with van der Waals surface area (Å²) in [6.07, 6.45) is 8.02. The monoisotopic (exact) mass is 340 g/mol. The van der Waals surface area contributed by atoms with Gasteiger partial charge in [0.1, 0.15) is 0 Å². The first-order chi connectivity index (χ1) is 11.2. The van der Waals surface area contributed by atoms with Gasteiger partial charge >= 0.3 is 0 Å². The van der Waals surface area contributed by atoms with E-state index in [1.807, 2.05) is 24.3 Å². The van der Waals surface area contributed by atoms with Crippen LogP contribution in [0.2, 0.25) is 0 Å². The van der Waals surface area contributed by atoms with Gasteiger partial charge in [0, 0.05) is 19.5 Å². The molecule has 2 nitrogen and oxygen atoms in total. The molecule has 0 radical (unpaired) electrons. The molecule has 0 amide bonds. The SMILES string of the molecule is [C-]#[N+]/C(C#N)=C\c1cc(-c2ccc(CCCCCC)s2)sc1C. The molecular formula is C19H20N2S2. The second-order valence-corrected chi connectivity index (χ2v) is 7.88. The van der Waals surface area contributed by atoms with Gasteiger partial charge in [-0.15, -0.1) is 22.7 Å². The van der Waals surface area contributed by atoms with E-state index in [2.05, 4.69) is 30.0 Å². The molecular weight excluding hydrogens is 320 g/mol. The molecule has 4 heteroatoms. The van der Waals surface area contributed by atoms with E-state index in [0.29, 0.717) is 0 Å². The Labute approximate surface area is 146 Å². The number of unbranched alkanes of at least 4 members (excludes halogenated alkanes) is 3. The zero-order valence-electron chi connectivity index (χ0n) is 13.6. The molecule has 0 saturated heterocycles. The molecule has 0 bridgehead atoms. The highest BCUT2D eigenvalue weighted by Gasteiger charge is 2.09. The first-order valence-electron chi connectivity index (χ1n) is 7.86. The van der Waals surface area contributed by atoms with Gasteiger partial charge in [-0.05, 0) is 49.6 Å². The number of aryl methyl sites for hydroxylation is 2. The van der Waals surface area contributed by atoms with Crippen LogP contribution in [0.5, 0.6) is 0 Å². The van der Waals surface area contributed by atoms with E-state index in [4.69, 9.17) is 11.8 Å². The van der Waals surface area contributed by atoms with Crippen molar-refractivity contribution in [3.05, 3.63) is 50.6 Å². The lowest BCUT2D eigenvalue weighted by molar-refractivity contribution is 0.670. The molecule has 0 atom stereocenters. The van der Waals surface area contributed by atoms with Crippen molar-refractivity contribution in [1.82, 2.24) is 0 Å². The van der Waals surface area contributed by atoms with Crippen LogP contribution in [0, 0.1) is 24.8 Å². The topological polar surface area (TPSA) is 28.1 Å². The van der Waals surface area contributed by atoms with Crippen LogP contribution in [0.25, 0.3) is 20.7 Å². The third kappa shape index (κ3) is 4.79. The second kappa shape index (κ2) is 8.67. The predicted molar refractivity (Wildman–Crippen MR) is 100 cm³/mol. The second-order valence-electron chi connectivity index (χ2n) is 5.45. The third-order valence-electron chi connectivity index (χ3n) is 3.66. The van der Waals surface area contributed by atoms with Gasteiger partial charge in [-0.2, -0.15) is 0 Å². The van der Waals surface area contributed by atoms with Crippen LogP contribution in [0.1, 0.15) is 47.9 Å². The normalized spacial score (nSPS) is 11.2. The van der Waals surface area contributed by atoms with Crippen LogP contribution in [0.15, 0.2) is 23.9 Å². The Morgan fingerprint density at radius 1 is 1.26 bits per heavy atom. The molecule has 0 N–H and O–H groups in total. The smallest absolute Gasteiger partial charge is 0.227 e. The number of nitriles is 1. The van der Waals surface area contributed by atoms with E-state index in [0.717, 1.165) is 16.9 Å². The Hall–Kier alpha value is -1.88. The lowest BCUT2D eigenvalue weighted by Crippen LogP contribution is -1.80. The summed E-state index contributed by atoms with van der Waals surface area (Å²) < 4.78 is 0. The Morgan fingerprint density at radius 3 is 2.78 bits per heavy atom. The summed E-state index contributed by atoms with van der Waals surface area (Å²) in [5, 5.41) is 8.90. The minimum atomic E-state index is 0.139. The molecule has 0 aliphatic heterocycles. The highest BCUT2D eigenvalue weighted by atomic mass is 32.1. The number of hydrogen-bond donors (Lipinski definition) is 0. The Balaban J connectivity index is 2.12. The van der Waals surface area contributed by atoms with Crippen molar-refractivity contribution in [3.63, 3.8) is 0 Å².